The largest absolute Gasteiger partial charge is 1.00 e. The summed E-state index contributed by atoms with van der Waals surface area (Å²) in [5, 5.41) is 0. The lowest BCUT2D eigenvalue weighted by molar-refractivity contribution is -0.693. The number of rotatable bonds is 2. The molecule has 2 nitrogen and oxygen atoms in total. The number of nitrogens with zero attached hydrogens (tertiary/aromatic N) is 2. The van der Waals surface area contributed by atoms with Crippen molar-refractivity contribution in [3.8, 4) is 0 Å². The molecule has 0 radical (unpaired) electrons. The minimum absolute atomic E-state index is 0. The Hall–Kier alpha value is -1.62. The van der Waals surface area contributed by atoms with E-state index in [4.69, 9.17) is 0 Å². The number of hydrogen-bond acceptors (Lipinski definition) is 1. The number of allylic oxidation sites excluding steroid dienone is 1. The van der Waals surface area contributed by atoms with Crippen LogP contribution in [-0.2, 0) is 6.54 Å². The van der Waals surface area contributed by atoms with E-state index >= 15 is 0 Å². The molecular weight excluding hydrogens is 383 g/mol. The minimum Gasteiger partial charge on any atom is -1.00 e. The van der Waals surface area contributed by atoms with Gasteiger partial charge in [-0.15, -0.1) is 0 Å². The molecule has 0 spiro atoms. The highest BCUT2D eigenvalue weighted by Crippen LogP contribution is 2.31. The van der Waals surface area contributed by atoms with Gasteiger partial charge in [0.1, 0.15) is 6.54 Å². The third kappa shape index (κ3) is 3.40. The van der Waals surface area contributed by atoms with Crippen LogP contribution in [0.2, 0.25) is 0 Å². The van der Waals surface area contributed by atoms with E-state index in [1.54, 1.807) is 0 Å². The molecule has 0 fully saturated rings. The van der Waals surface area contributed by atoms with Crippen molar-refractivity contribution in [2.75, 3.05) is 11.9 Å². The van der Waals surface area contributed by atoms with Crippen LogP contribution in [0.4, 0.5) is 5.69 Å². The van der Waals surface area contributed by atoms with Gasteiger partial charge in [0.05, 0.1) is 0 Å². The zero-order chi connectivity index (χ0) is 14.8. The van der Waals surface area contributed by atoms with Gasteiger partial charge in [0.25, 0.3) is 0 Å². The molecule has 1 aliphatic heterocycles. The van der Waals surface area contributed by atoms with E-state index in [2.05, 4.69) is 91.3 Å². The van der Waals surface area contributed by atoms with Gasteiger partial charge in [0.2, 0.25) is 0 Å². The number of hydrogen-bond donors (Lipinski definition) is 0. The van der Waals surface area contributed by atoms with Crippen LogP contribution in [-0.4, -0.2) is 7.05 Å². The van der Waals surface area contributed by atoms with Crippen LogP contribution in [0.5, 0.6) is 0 Å². The van der Waals surface area contributed by atoms with Gasteiger partial charge >= 0.3 is 0 Å². The Morgan fingerprint density at radius 3 is 2.50 bits per heavy atom. The zero-order valence-electron chi connectivity index (χ0n) is 13.3. The maximum absolute atomic E-state index is 2.25. The van der Waals surface area contributed by atoms with E-state index in [1.165, 1.54) is 28.1 Å². The summed E-state index contributed by atoms with van der Waals surface area (Å²) in [5.41, 5.74) is 6.27. The van der Waals surface area contributed by atoms with Crippen LogP contribution in [0, 0.1) is 6.92 Å². The summed E-state index contributed by atoms with van der Waals surface area (Å²) < 4.78 is 2.17. The molecule has 0 bridgehead atoms. The molecule has 0 aliphatic carbocycles. The molecule has 0 N–H and O–H groups in total. The van der Waals surface area contributed by atoms with Crippen LogP contribution in [0.15, 0.2) is 54.5 Å². The molecule has 2 aromatic rings. The highest BCUT2D eigenvalue weighted by Gasteiger charge is 2.13. The molecular formula is C19H21IN2. The standard InChI is InChI=1S/C19H21N2.HI/c1-4-21-11-9-16(10-12-21)14-18-8-7-17-6-5-15(2)13-19(17)20(18)3;/h5-14H,4H2,1-3H3;1H/q+1;/p-1. The molecule has 3 heteroatoms. The quantitative estimate of drug-likeness (QED) is 0.531. The Morgan fingerprint density at radius 2 is 1.82 bits per heavy atom. The van der Waals surface area contributed by atoms with Crippen molar-refractivity contribution in [2.24, 2.45) is 0 Å². The molecule has 0 saturated carbocycles. The summed E-state index contributed by atoms with van der Waals surface area (Å²) >= 11 is 0. The lowest BCUT2D eigenvalue weighted by atomic mass is 10.0. The maximum atomic E-state index is 2.25. The van der Waals surface area contributed by atoms with Crippen LogP contribution in [0.3, 0.4) is 0 Å². The second-order valence-corrected chi connectivity index (χ2v) is 5.49. The monoisotopic (exact) mass is 404 g/mol. The Bertz CT molecular complexity index is 715. The molecule has 0 atom stereocenters. The first-order chi connectivity index (χ1) is 10.2. The fourth-order valence-electron chi connectivity index (χ4n) is 2.60. The van der Waals surface area contributed by atoms with E-state index in [-0.39, 0.29) is 24.0 Å². The van der Waals surface area contributed by atoms with Crippen LogP contribution in [0.1, 0.15) is 23.6 Å². The highest BCUT2D eigenvalue weighted by molar-refractivity contribution is 5.79. The third-order valence-electron chi connectivity index (χ3n) is 3.96. The number of halogens is 1. The van der Waals surface area contributed by atoms with E-state index in [9.17, 15) is 0 Å². The molecule has 22 heavy (non-hydrogen) atoms. The molecule has 1 aromatic heterocycles. The summed E-state index contributed by atoms with van der Waals surface area (Å²) in [6.45, 7) is 5.29. The SMILES string of the molecule is CC[n+]1ccc(C=C2C=Cc3ccc(C)cc3N2C)cc1.[I-]. The van der Waals surface area contributed by atoms with Gasteiger partial charge in [0, 0.05) is 30.6 Å². The van der Waals surface area contributed by atoms with Gasteiger partial charge in [0.15, 0.2) is 12.4 Å². The number of aromatic nitrogens is 1. The van der Waals surface area contributed by atoms with Gasteiger partial charge in [-0.2, -0.15) is 0 Å². The Balaban J connectivity index is 0.00000176. The van der Waals surface area contributed by atoms with Crippen molar-refractivity contribution >= 4 is 17.8 Å². The number of pyridine rings is 1. The average molecular weight is 404 g/mol. The van der Waals surface area contributed by atoms with Crippen LogP contribution >= 0.6 is 0 Å². The number of benzene rings is 1. The number of fused-ring (bicyclic) bond motifs is 1. The molecule has 3 rings (SSSR count). The minimum atomic E-state index is 0. The van der Waals surface area contributed by atoms with Crippen molar-refractivity contribution in [1.82, 2.24) is 0 Å². The second-order valence-electron chi connectivity index (χ2n) is 5.49. The Kier molecular flexibility index (Phi) is 5.40. The fourth-order valence-corrected chi connectivity index (χ4v) is 2.60. The Labute approximate surface area is 149 Å². The van der Waals surface area contributed by atoms with Crippen molar-refractivity contribution in [3.63, 3.8) is 0 Å². The number of anilines is 1. The van der Waals surface area contributed by atoms with Crippen molar-refractivity contribution in [1.29, 1.82) is 0 Å². The predicted molar refractivity (Wildman–Crippen MR) is 88.9 cm³/mol. The molecule has 114 valence electrons. The predicted octanol–water partition coefficient (Wildman–Crippen LogP) is 0.811. The average Bonchev–Trinajstić information content (AvgIpc) is 2.51. The summed E-state index contributed by atoms with van der Waals surface area (Å²) in [5.74, 6) is 0. The lowest BCUT2D eigenvalue weighted by Gasteiger charge is -2.26. The topological polar surface area (TPSA) is 7.12 Å². The summed E-state index contributed by atoms with van der Waals surface area (Å²) in [6.07, 6.45) is 10.8. The van der Waals surface area contributed by atoms with E-state index < -0.39 is 0 Å². The second kappa shape index (κ2) is 7.09. The smallest absolute Gasteiger partial charge is 0.169 e. The van der Waals surface area contributed by atoms with Gasteiger partial charge in [-0.3, -0.25) is 0 Å². The first-order valence-electron chi connectivity index (χ1n) is 7.40. The zero-order valence-corrected chi connectivity index (χ0v) is 15.4. The third-order valence-corrected chi connectivity index (χ3v) is 3.96. The van der Waals surface area contributed by atoms with Crippen molar-refractivity contribution in [3.05, 3.63) is 71.2 Å². The van der Waals surface area contributed by atoms with Crippen LogP contribution < -0.4 is 33.4 Å². The van der Waals surface area contributed by atoms with Gasteiger partial charge in [-0.1, -0.05) is 18.2 Å². The van der Waals surface area contributed by atoms with Gasteiger partial charge in [-0.25, -0.2) is 4.57 Å². The normalized spacial score (nSPS) is 14.7. The van der Waals surface area contributed by atoms with Crippen molar-refractivity contribution in [2.45, 2.75) is 20.4 Å². The number of likely N-dealkylation sites (N-methyl/N-ethyl adjacent to an activating group) is 1. The highest BCUT2D eigenvalue weighted by atomic mass is 127. The molecule has 2 heterocycles. The molecule has 1 aliphatic rings. The molecule has 1 aromatic carbocycles. The van der Waals surface area contributed by atoms with E-state index in [1.807, 2.05) is 0 Å². The summed E-state index contributed by atoms with van der Waals surface area (Å²) in [6, 6.07) is 10.9. The molecule has 0 amide bonds. The maximum Gasteiger partial charge on any atom is 0.169 e. The number of aryl methyl sites for hydroxylation is 2. The molecule has 0 saturated heterocycles. The summed E-state index contributed by atoms with van der Waals surface area (Å²) in [7, 11) is 2.13. The van der Waals surface area contributed by atoms with Gasteiger partial charge < -0.3 is 28.9 Å². The summed E-state index contributed by atoms with van der Waals surface area (Å²) in [4.78, 5) is 2.25. The van der Waals surface area contributed by atoms with E-state index in [0.717, 1.165) is 6.54 Å². The lowest BCUT2D eigenvalue weighted by Crippen LogP contribution is -3.00. The van der Waals surface area contributed by atoms with E-state index in [0.29, 0.717) is 0 Å². The van der Waals surface area contributed by atoms with Crippen LogP contribution in [0.25, 0.3) is 12.2 Å². The van der Waals surface area contributed by atoms with Gasteiger partial charge in [-0.05, 0) is 48.8 Å². The first-order valence-corrected chi connectivity index (χ1v) is 7.40. The first kappa shape index (κ1) is 16.7. The Morgan fingerprint density at radius 1 is 1.09 bits per heavy atom. The van der Waals surface area contributed by atoms with Crippen molar-refractivity contribution < 1.29 is 28.5 Å². The molecule has 0 unspecified atom stereocenters. The fraction of sp³-hybridized carbons (Fsp3) is 0.211.